The van der Waals surface area contributed by atoms with Gasteiger partial charge in [-0.25, -0.2) is 19.2 Å². The van der Waals surface area contributed by atoms with Gasteiger partial charge in [0, 0.05) is 0 Å². The summed E-state index contributed by atoms with van der Waals surface area (Å²) in [6.45, 7) is 2.02. The highest BCUT2D eigenvalue weighted by Crippen LogP contribution is 1.89. The molecule has 0 heterocycles. The number of carbonyl (C=O) groups excluding carboxylic acids is 4. The second-order valence-corrected chi connectivity index (χ2v) is 2.76. The first-order valence-electron chi connectivity index (χ1n) is 5.16. The van der Waals surface area contributed by atoms with E-state index < -0.39 is 37.1 Å². The van der Waals surface area contributed by atoms with Gasteiger partial charge in [0.2, 0.25) is 0 Å². The van der Waals surface area contributed by atoms with Crippen molar-refractivity contribution >= 4 is 23.9 Å². The van der Waals surface area contributed by atoms with Gasteiger partial charge in [0.25, 0.3) is 0 Å². The first-order chi connectivity index (χ1) is 8.51. The van der Waals surface area contributed by atoms with Crippen molar-refractivity contribution in [1.82, 2.24) is 0 Å². The standard InChI is InChI=1S/C10H14O8/c1-3-15-7(11)5-17-9(13)10(14)18-6-8(12)16-4-2/h3-6H2,1-2H3. The number of carbonyl (C=O) groups is 4. The minimum absolute atomic E-state index is 0.129. The Hall–Kier alpha value is -2.12. The zero-order chi connectivity index (χ0) is 14.0. The van der Waals surface area contributed by atoms with E-state index >= 15 is 0 Å². The van der Waals surface area contributed by atoms with Crippen LogP contribution in [0, 0.1) is 0 Å². The molecule has 0 amide bonds. The number of esters is 4. The van der Waals surface area contributed by atoms with Gasteiger partial charge in [-0.2, -0.15) is 0 Å². The van der Waals surface area contributed by atoms with Crippen LogP contribution in [0.5, 0.6) is 0 Å². The summed E-state index contributed by atoms with van der Waals surface area (Å²) in [5.41, 5.74) is 0. The third-order valence-electron chi connectivity index (χ3n) is 1.42. The second-order valence-electron chi connectivity index (χ2n) is 2.76. The maximum atomic E-state index is 11.0. The fourth-order valence-electron chi connectivity index (χ4n) is 0.772. The molecular formula is C10H14O8. The van der Waals surface area contributed by atoms with E-state index in [1.54, 1.807) is 13.8 Å². The van der Waals surface area contributed by atoms with Crippen molar-refractivity contribution in [2.45, 2.75) is 13.8 Å². The van der Waals surface area contributed by atoms with Crippen molar-refractivity contribution in [3.05, 3.63) is 0 Å². The largest absolute Gasteiger partial charge is 0.463 e. The van der Waals surface area contributed by atoms with E-state index in [1.807, 2.05) is 0 Å². The quantitative estimate of drug-likeness (QED) is 0.348. The van der Waals surface area contributed by atoms with E-state index in [1.165, 1.54) is 0 Å². The van der Waals surface area contributed by atoms with Crippen LogP contribution in [0.25, 0.3) is 0 Å². The number of rotatable bonds is 6. The minimum atomic E-state index is -1.38. The van der Waals surface area contributed by atoms with Gasteiger partial charge in [0.1, 0.15) is 0 Å². The maximum absolute atomic E-state index is 11.0. The molecule has 0 fully saturated rings. The molecule has 0 saturated carbocycles. The number of hydrogen-bond donors (Lipinski definition) is 0. The molecule has 0 aromatic rings. The smallest absolute Gasteiger partial charge is 0.418 e. The van der Waals surface area contributed by atoms with Crippen LogP contribution in [0.4, 0.5) is 0 Å². The molecule has 0 saturated heterocycles. The third-order valence-corrected chi connectivity index (χ3v) is 1.42. The summed E-state index contributed by atoms with van der Waals surface area (Å²) < 4.78 is 17.5. The molecule has 8 heteroatoms. The van der Waals surface area contributed by atoms with Crippen molar-refractivity contribution in [3.63, 3.8) is 0 Å². The van der Waals surface area contributed by atoms with Gasteiger partial charge in [-0.3, -0.25) is 0 Å². The summed E-state index contributed by atoms with van der Waals surface area (Å²) in [6.07, 6.45) is 0. The van der Waals surface area contributed by atoms with Crippen LogP contribution in [0.1, 0.15) is 13.8 Å². The zero-order valence-corrected chi connectivity index (χ0v) is 10.1. The molecule has 0 bridgehead atoms. The molecule has 0 spiro atoms. The fraction of sp³-hybridized carbons (Fsp3) is 0.600. The number of hydrogen-bond acceptors (Lipinski definition) is 8. The van der Waals surface area contributed by atoms with Crippen LogP contribution in [0.3, 0.4) is 0 Å². The van der Waals surface area contributed by atoms with Gasteiger partial charge in [0.05, 0.1) is 13.2 Å². The van der Waals surface area contributed by atoms with Crippen molar-refractivity contribution in [3.8, 4) is 0 Å². The van der Waals surface area contributed by atoms with Crippen LogP contribution in [0.2, 0.25) is 0 Å². The zero-order valence-electron chi connectivity index (χ0n) is 10.1. The third kappa shape index (κ3) is 7.20. The Bertz CT molecular complexity index is 290. The summed E-state index contributed by atoms with van der Waals surface area (Å²) in [5.74, 6) is -4.34. The molecule has 0 aliphatic carbocycles. The van der Waals surface area contributed by atoms with Crippen molar-refractivity contribution in [2.24, 2.45) is 0 Å². The molecule has 102 valence electrons. The van der Waals surface area contributed by atoms with Crippen LogP contribution in [0.15, 0.2) is 0 Å². The van der Waals surface area contributed by atoms with E-state index in [-0.39, 0.29) is 13.2 Å². The first kappa shape index (κ1) is 15.9. The van der Waals surface area contributed by atoms with Gasteiger partial charge >= 0.3 is 23.9 Å². The van der Waals surface area contributed by atoms with Gasteiger partial charge in [-0.1, -0.05) is 0 Å². The maximum Gasteiger partial charge on any atom is 0.418 e. The summed E-state index contributed by atoms with van der Waals surface area (Å²) in [4.78, 5) is 43.5. The van der Waals surface area contributed by atoms with Crippen LogP contribution < -0.4 is 0 Å². The van der Waals surface area contributed by atoms with Gasteiger partial charge in [0.15, 0.2) is 13.2 Å². The fourth-order valence-corrected chi connectivity index (χ4v) is 0.772. The molecule has 18 heavy (non-hydrogen) atoms. The molecule has 0 aliphatic heterocycles. The lowest BCUT2D eigenvalue weighted by molar-refractivity contribution is -0.174. The molecule has 0 unspecified atom stereocenters. The predicted octanol–water partition coefficient (Wildman–Crippen LogP) is -0.801. The Labute approximate surface area is 103 Å². The molecule has 0 radical (unpaired) electrons. The highest BCUT2D eigenvalue weighted by molar-refractivity contribution is 6.30. The van der Waals surface area contributed by atoms with Gasteiger partial charge in [-0.15, -0.1) is 0 Å². The second kappa shape index (κ2) is 8.97. The van der Waals surface area contributed by atoms with E-state index in [0.717, 1.165) is 0 Å². The van der Waals surface area contributed by atoms with E-state index in [9.17, 15) is 19.2 Å². The first-order valence-corrected chi connectivity index (χ1v) is 5.16. The van der Waals surface area contributed by atoms with Crippen LogP contribution in [-0.4, -0.2) is 50.3 Å². The molecular weight excluding hydrogens is 248 g/mol. The Kier molecular flexibility index (Phi) is 7.91. The average molecular weight is 262 g/mol. The lowest BCUT2D eigenvalue weighted by Gasteiger charge is -2.05. The van der Waals surface area contributed by atoms with Crippen LogP contribution >= 0.6 is 0 Å². The van der Waals surface area contributed by atoms with Crippen molar-refractivity contribution in [2.75, 3.05) is 26.4 Å². The van der Waals surface area contributed by atoms with Crippen LogP contribution in [-0.2, 0) is 38.1 Å². The Balaban J connectivity index is 3.86. The SMILES string of the molecule is CCOC(=O)COC(=O)C(=O)OCC(=O)OCC. The minimum Gasteiger partial charge on any atom is -0.463 e. The molecule has 0 N–H and O–H groups in total. The predicted molar refractivity (Wildman–Crippen MR) is 55.2 cm³/mol. The Morgan fingerprint density at radius 1 is 0.667 bits per heavy atom. The van der Waals surface area contributed by atoms with Gasteiger partial charge in [-0.05, 0) is 13.8 Å². The van der Waals surface area contributed by atoms with Crippen molar-refractivity contribution in [1.29, 1.82) is 0 Å². The van der Waals surface area contributed by atoms with E-state index in [2.05, 4.69) is 18.9 Å². The summed E-state index contributed by atoms with van der Waals surface area (Å²) in [5, 5.41) is 0. The molecule has 0 rings (SSSR count). The van der Waals surface area contributed by atoms with E-state index in [0.29, 0.717) is 0 Å². The van der Waals surface area contributed by atoms with E-state index in [4.69, 9.17) is 0 Å². The highest BCUT2D eigenvalue weighted by Gasteiger charge is 2.20. The monoisotopic (exact) mass is 262 g/mol. The van der Waals surface area contributed by atoms with Gasteiger partial charge < -0.3 is 18.9 Å². The lowest BCUT2D eigenvalue weighted by Crippen LogP contribution is -2.26. The number of ether oxygens (including phenoxy) is 4. The summed E-state index contributed by atoms with van der Waals surface area (Å²) in [6, 6.07) is 0. The molecule has 0 aliphatic rings. The molecule has 0 aromatic carbocycles. The normalized spacial score (nSPS) is 9.22. The Morgan fingerprint density at radius 2 is 1.00 bits per heavy atom. The topological polar surface area (TPSA) is 105 Å². The molecule has 0 aromatic heterocycles. The lowest BCUT2D eigenvalue weighted by atomic mass is 10.6. The molecule has 8 nitrogen and oxygen atoms in total. The Morgan fingerprint density at radius 3 is 1.28 bits per heavy atom. The average Bonchev–Trinajstić information content (AvgIpc) is 2.33. The highest BCUT2D eigenvalue weighted by atomic mass is 16.6. The molecule has 0 atom stereocenters. The summed E-state index contributed by atoms with van der Waals surface area (Å²) in [7, 11) is 0. The van der Waals surface area contributed by atoms with Crippen molar-refractivity contribution < 1.29 is 38.1 Å². The summed E-state index contributed by atoms with van der Waals surface area (Å²) >= 11 is 0.